The lowest BCUT2D eigenvalue weighted by Crippen LogP contribution is -2.15. The molecule has 1 aromatic rings. The third kappa shape index (κ3) is 2.57. The molecule has 1 aliphatic carbocycles. The number of rotatable bonds is 4. The number of hydrogen-bond acceptors (Lipinski definition) is 1. The molecule has 1 aromatic heterocycles. The summed E-state index contributed by atoms with van der Waals surface area (Å²) >= 11 is 5.68. The van der Waals surface area contributed by atoms with Gasteiger partial charge in [0.25, 0.3) is 0 Å². The van der Waals surface area contributed by atoms with Crippen molar-refractivity contribution >= 4 is 27.3 Å². The van der Waals surface area contributed by atoms with Gasteiger partial charge in [0.2, 0.25) is 0 Å². The van der Waals surface area contributed by atoms with Crippen LogP contribution in [0.5, 0.6) is 0 Å². The molecule has 0 spiro atoms. The fraction of sp³-hybridized carbons (Fsp3) is 0.636. The van der Waals surface area contributed by atoms with Gasteiger partial charge in [-0.2, -0.15) is 0 Å². The van der Waals surface area contributed by atoms with Crippen molar-refractivity contribution in [3.63, 3.8) is 0 Å². The molecule has 2 heteroatoms. The summed E-state index contributed by atoms with van der Waals surface area (Å²) in [5.74, 6) is 1.85. The molecule has 1 fully saturated rings. The second-order valence-corrected chi connectivity index (χ2v) is 6.20. The van der Waals surface area contributed by atoms with Gasteiger partial charge in [0.05, 0.1) is 0 Å². The number of alkyl halides is 1. The maximum absolute atomic E-state index is 3.81. The van der Waals surface area contributed by atoms with Gasteiger partial charge >= 0.3 is 0 Å². The summed E-state index contributed by atoms with van der Waals surface area (Å²) in [6.07, 6.45) is 4.11. The maximum atomic E-state index is 3.81. The first kappa shape index (κ1) is 9.72. The van der Waals surface area contributed by atoms with E-state index in [4.69, 9.17) is 0 Å². The van der Waals surface area contributed by atoms with Crippen molar-refractivity contribution in [3.8, 4) is 0 Å². The fourth-order valence-corrected chi connectivity index (χ4v) is 3.48. The lowest BCUT2D eigenvalue weighted by atomic mass is 10.00. The minimum absolute atomic E-state index is 0.679. The molecule has 13 heavy (non-hydrogen) atoms. The topological polar surface area (TPSA) is 0 Å². The quantitative estimate of drug-likeness (QED) is 0.714. The Bertz CT molecular complexity index is 251. The SMILES string of the molecule is CC(C(Br)Cc1cccs1)C1CC1. The van der Waals surface area contributed by atoms with Gasteiger partial charge in [-0.25, -0.2) is 0 Å². The summed E-state index contributed by atoms with van der Waals surface area (Å²) in [5.41, 5.74) is 0. The predicted octanol–water partition coefficient (Wildman–Crippen LogP) is 4.10. The van der Waals surface area contributed by atoms with Crippen LogP contribution in [0.25, 0.3) is 0 Å². The zero-order chi connectivity index (χ0) is 9.26. The van der Waals surface area contributed by atoms with Crippen LogP contribution in [0.2, 0.25) is 0 Å². The highest BCUT2D eigenvalue weighted by atomic mass is 79.9. The highest BCUT2D eigenvalue weighted by molar-refractivity contribution is 9.09. The first-order valence-corrected chi connectivity index (χ1v) is 6.73. The monoisotopic (exact) mass is 258 g/mol. The van der Waals surface area contributed by atoms with E-state index >= 15 is 0 Å². The van der Waals surface area contributed by atoms with Gasteiger partial charge in [0.1, 0.15) is 0 Å². The average molecular weight is 259 g/mol. The molecule has 2 rings (SSSR count). The summed E-state index contributed by atoms with van der Waals surface area (Å²) in [4.78, 5) is 2.19. The molecule has 2 unspecified atom stereocenters. The van der Waals surface area contributed by atoms with E-state index in [9.17, 15) is 0 Å². The molecule has 0 radical (unpaired) electrons. The van der Waals surface area contributed by atoms with Crippen LogP contribution in [0.1, 0.15) is 24.6 Å². The lowest BCUT2D eigenvalue weighted by molar-refractivity contribution is 0.491. The molecule has 1 heterocycles. The van der Waals surface area contributed by atoms with Gasteiger partial charge in [-0.3, -0.25) is 0 Å². The molecule has 72 valence electrons. The number of halogens is 1. The Morgan fingerprint density at radius 3 is 2.92 bits per heavy atom. The van der Waals surface area contributed by atoms with Gasteiger partial charge in [0, 0.05) is 9.70 Å². The van der Waals surface area contributed by atoms with Gasteiger partial charge in [-0.1, -0.05) is 28.9 Å². The minimum Gasteiger partial charge on any atom is -0.149 e. The molecule has 0 aromatic carbocycles. The van der Waals surface area contributed by atoms with E-state index in [1.165, 1.54) is 24.1 Å². The van der Waals surface area contributed by atoms with Crippen molar-refractivity contribution in [2.45, 2.75) is 31.0 Å². The van der Waals surface area contributed by atoms with Crippen molar-refractivity contribution in [2.75, 3.05) is 0 Å². The summed E-state index contributed by atoms with van der Waals surface area (Å²) in [6, 6.07) is 4.38. The van der Waals surface area contributed by atoms with E-state index in [0.717, 1.165) is 11.8 Å². The molecule has 1 aliphatic rings. The largest absolute Gasteiger partial charge is 0.149 e. The first-order valence-electron chi connectivity index (χ1n) is 4.94. The zero-order valence-corrected chi connectivity index (χ0v) is 10.3. The van der Waals surface area contributed by atoms with Crippen molar-refractivity contribution in [2.24, 2.45) is 11.8 Å². The summed E-state index contributed by atoms with van der Waals surface area (Å²) < 4.78 is 0. The summed E-state index contributed by atoms with van der Waals surface area (Å²) in [6.45, 7) is 2.38. The van der Waals surface area contributed by atoms with Crippen molar-refractivity contribution in [3.05, 3.63) is 22.4 Å². The Morgan fingerprint density at radius 2 is 2.38 bits per heavy atom. The molecule has 2 atom stereocenters. The van der Waals surface area contributed by atoms with Crippen LogP contribution in [0.4, 0.5) is 0 Å². The van der Waals surface area contributed by atoms with Crippen LogP contribution in [0.3, 0.4) is 0 Å². The Morgan fingerprint density at radius 1 is 1.62 bits per heavy atom. The van der Waals surface area contributed by atoms with Crippen molar-refractivity contribution < 1.29 is 0 Å². The van der Waals surface area contributed by atoms with Gasteiger partial charge in [-0.05, 0) is 42.5 Å². The normalized spacial score (nSPS) is 21.4. The summed E-state index contributed by atoms with van der Waals surface area (Å²) in [7, 11) is 0. The summed E-state index contributed by atoms with van der Waals surface area (Å²) in [5, 5.41) is 2.16. The number of hydrogen-bond donors (Lipinski definition) is 0. The van der Waals surface area contributed by atoms with E-state index in [0.29, 0.717) is 4.83 Å². The van der Waals surface area contributed by atoms with E-state index in [2.05, 4.69) is 40.4 Å². The first-order chi connectivity index (χ1) is 6.27. The Labute approximate surface area is 92.5 Å². The van der Waals surface area contributed by atoms with E-state index in [1.807, 2.05) is 11.3 Å². The second-order valence-electron chi connectivity index (χ2n) is 4.00. The van der Waals surface area contributed by atoms with Gasteiger partial charge in [-0.15, -0.1) is 11.3 Å². The van der Waals surface area contributed by atoms with E-state index in [-0.39, 0.29) is 0 Å². The Balaban J connectivity index is 1.86. The van der Waals surface area contributed by atoms with Crippen LogP contribution < -0.4 is 0 Å². The van der Waals surface area contributed by atoms with Crippen LogP contribution in [-0.4, -0.2) is 4.83 Å². The number of thiophene rings is 1. The second kappa shape index (κ2) is 4.14. The average Bonchev–Trinajstić information content (AvgIpc) is 2.85. The predicted molar refractivity (Wildman–Crippen MR) is 62.6 cm³/mol. The van der Waals surface area contributed by atoms with Crippen molar-refractivity contribution in [1.82, 2.24) is 0 Å². The fourth-order valence-electron chi connectivity index (χ4n) is 1.72. The Hall–Kier alpha value is 0.180. The molecule has 0 amide bonds. The smallest absolute Gasteiger partial charge is 0.0222 e. The highest BCUT2D eigenvalue weighted by Gasteiger charge is 2.32. The molecule has 0 aliphatic heterocycles. The molecular weight excluding hydrogens is 244 g/mol. The maximum Gasteiger partial charge on any atom is 0.0222 e. The molecule has 1 saturated carbocycles. The van der Waals surface area contributed by atoms with Crippen LogP contribution >= 0.6 is 27.3 Å². The standard InChI is InChI=1S/C11H15BrS/c1-8(9-4-5-9)11(12)7-10-3-2-6-13-10/h2-3,6,8-9,11H,4-5,7H2,1H3. The highest BCUT2D eigenvalue weighted by Crippen LogP contribution is 2.41. The Kier molecular flexibility index (Phi) is 3.10. The van der Waals surface area contributed by atoms with E-state index in [1.54, 1.807) is 0 Å². The van der Waals surface area contributed by atoms with Crippen LogP contribution in [0.15, 0.2) is 17.5 Å². The van der Waals surface area contributed by atoms with Crippen molar-refractivity contribution in [1.29, 1.82) is 0 Å². The molecule has 0 saturated heterocycles. The van der Waals surface area contributed by atoms with Gasteiger partial charge < -0.3 is 0 Å². The van der Waals surface area contributed by atoms with Gasteiger partial charge in [0.15, 0.2) is 0 Å². The zero-order valence-electron chi connectivity index (χ0n) is 7.87. The molecular formula is C11H15BrS. The van der Waals surface area contributed by atoms with Crippen LogP contribution in [0, 0.1) is 11.8 Å². The van der Waals surface area contributed by atoms with Crippen LogP contribution in [-0.2, 0) is 6.42 Å². The third-order valence-corrected chi connectivity index (χ3v) is 4.97. The molecule has 0 nitrogen and oxygen atoms in total. The third-order valence-electron chi connectivity index (χ3n) is 2.91. The molecule has 0 N–H and O–H groups in total. The molecule has 0 bridgehead atoms. The lowest BCUT2D eigenvalue weighted by Gasteiger charge is -2.16. The minimum atomic E-state index is 0.679. The van der Waals surface area contributed by atoms with E-state index < -0.39 is 0 Å².